The van der Waals surface area contributed by atoms with Gasteiger partial charge in [0.2, 0.25) is 11.8 Å². The summed E-state index contributed by atoms with van der Waals surface area (Å²) in [6.45, 7) is 8.66. The fraction of sp³-hybridized carbons (Fsp3) is 0.937. The summed E-state index contributed by atoms with van der Waals surface area (Å²) in [6.07, 6.45) is 52.4. The van der Waals surface area contributed by atoms with Crippen LogP contribution in [0.1, 0.15) is 485 Å². The zero-order valence-electron chi connectivity index (χ0n) is 77.6. The van der Waals surface area contributed by atoms with E-state index in [1.165, 1.54) is 141 Å². The van der Waals surface area contributed by atoms with Gasteiger partial charge in [-0.1, -0.05) is 388 Å². The molecule has 0 spiro atoms. The molecule has 1 aliphatic heterocycles. The topological polar surface area (TPSA) is 356 Å². The monoisotopic (exact) mass is 1770 g/mol. The van der Waals surface area contributed by atoms with E-state index in [4.69, 9.17) is 37.5 Å². The van der Waals surface area contributed by atoms with Crippen LogP contribution in [0.2, 0.25) is 0 Å². The third-order valence-electron chi connectivity index (χ3n) is 23.7. The summed E-state index contributed by atoms with van der Waals surface area (Å²) in [5, 5.41) is 28.2. The predicted molar refractivity (Wildman–Crippen MR) is 483 cm³/mol. The molecule has 1 heterocycles. The van der Waals surface area contributed by atoms with E-state index in [1.807, 2.05) is 0 Å². The van der Waals surface area contributed by atoms with E-state index in [9.17, 15) is 62.9 Å². The van der Waals surface area contributed by atoms with Crippen LogP contribution in [0.4, 0.5) is 0 Å². The Balaban J connectivity index is 4.00. The first kappa shape index (κ1) is 116. The number of carbonyl (C=O) groups excluding carboxylic acids is 6. The molecule has 0 aromatic rings. The molecule has 0 bridgehead atoms. The Kier molecular flexibility index (Phi) is 75.7. The second kappa shape index (κ2) is 79.1. The molecule has 0 saturated carbocycles. The van der Waals surface area contributed by atoms with Crippen molar-refractivity contribution >= 4 is 51.3 Å². The van der Waals surface area contributed by atoms with Gasteiger partial charge in [-0.2, -0.15) is 0 Å². The second-order valence-electron chi connectivity index (χ2n) is 35.5. The first-order valence-corrected chi connectivity index (χ1v) is 52.8. The number of phosphoric acid groups is 2. The van der Waals surface area contributed by atoms with Crippen molar-refractivity contribution < 1.29 is 105 Å². The first-order chi connectivity index (χ1) is 58.5. The van der Waals surface area contributed by atoms with Crippen LogP contribution in [0.5, 0.6) is 0 Å². The average molecular weight is 1770 g/mol. The molecule has 1 saturated heterocycles. The van der Waals surface area contributed by atoms with Gasteiger partial charge >= 0.3 is 39.5 Å². The van der Waals surface area contributed by atoms with E-state index >= 15 is 4.79 Å². The average Bonchev–Trinajstić information content (AvgIpc) is 0.776. The van der Waals surface area contributed by atoms with Crippen molar-refractivity contribution in [1.29, 1.82) is 0 Å². The maximum Gasteiger partial charge on any atom is 0.470 e. The van der Waals surface area contributed by atoms with Crippen LogP contribution < -0.4 is 10.6 Å². The lowest BCUT2D eigenvalue weighted by Gasteiger charge is -2.46. The number of carbonyl (C=O) groups is 6. The van der Waals surface area contributed by atoms with Crippen LogP contribution in [0.25, 0.3) is 0 Å². The highest BCUT2D eigenvalue weighted by atomic mass is 31.2. The van der Waals surface area contributed by atoms with Crippen LogP contribution in [-0.2, 0) is 75.4 Å². The van der Waals surface area contributed by atoms with Crippen molar-refractivity contribution in [2.45, 2.75) is 534 Å². The van der Waals surface area contributed by atoms with Crippen molar-refractivity contribution in [3.05, 3.63) is 0 Å². The van der Waals surface area contributed by atoms with Crippen LogP contribution in [0.15, 0.2) is 0 Å². The summed E-state index contributed by atoms with van der Waals surface area (Å²) >= 11 is 0. The lowest BCUT2D eigenvalue weighted by molar-refractivity contribution is -0.278. The van der Waals surface area contributed by atoms with Gasteiger partial charge in [-0.05, 0) is 57.8 Å². The molecule has 0 aromatic heterocycles. The fourth-order valence-electron chi connectivity index (χ4n) is 16.1. The van der Waals surface area contributed by atoms with Gasteiger partial charge in [0.25, 0.3) is 0 Å². The number of amides is 2. The van der Waals surface area contributed by atoms with E-state index in [0.29, 0.717) is 44.9 Å². The SMILES string of the molecule is CCCCCCCCCCCCCC(=O)O[C@H](CCCCCCCCCCC)CC(=O)NCC(CO)(COC1OC(CO)[C@@H](OP(=O)(O)O)C(OC(=O)C[C@@H](CCCCCCCCCCC)OC(=O)CCCCCCCCCCCCC)[C@@H]1NC(=O)C[C@@H](CCCCCCCCCCC)OC(=O)CCCCCCCCCCCCC)COP(=O)(O)O. The van der Waals surface area contributed by atoms with E-state index in [0.717, 1.165) is 205 Å². The first-order valence-electron chi connectivity index (χ1n) is 49.8. The summed E-state index contributed by atoms with van der Waals surface area (Å²) in [5.74, 6) is -3.96. The third kappa shape index (κ3) is 68.7. The standard InChI is InChI=1S/C95H182N2O22P2/c1-7-13-19-25-31-37-40-46-52-58-64-70-87(102)114-81(67-61-55-49-43-34-28-22-16-10-4)73-85(100)96-77-95(78-99,80-113-120(106,107)108)79-112-94-91(97-86(101)74-82(68-62-56-50-44-35-29-23-17-11-5)115-88(103)71-65-59-53-47-41-38-32-26-20-14-8-2)93(92(84(76-98)117-94)119-121(109,110)111)118-90(105)75-83(69-63-57-51-45-36-30-24-18-12-6)116-89(104)72-66-60-54-48-42-39-33-27-21-15-9-3/h81-84,91-94,98-99H,7-80H2,1-6H3,(H,96,100)(H,97,101)(H2,106,107,108)(H2,109,110,111)/t81-,82-,83-,84?,91+,92-,93?,94?,95?/m1/s1. The number of ether oxygens (including phenoxy) is 6. The molecule has 1 fully saturated rings. The normalized spacial score (nSPS) is 16.9. The fourth-order valence-corrected chi connectivity index (χ4v) is 17.2. The Morgan fingerprint density at radius 3 is 0.934 bits per heavy atom. The lowest BCUT2D eigenvalue weighted by Crippen LogP contribution is -2.67. The van der Waals surface area contributed by atoms with Crippen molar-refractivity contribution in [3.63, 3.8) is 0 Å². The van der Waals surface area contributed by atoms with Gasteiger partial charge in [0.15, 0.2) is 12.4 Å². The highest BCUT2D eigenvalue weighted by molar-refractivity contribution is 7.46. The van der Waals surface area contributed by atoms with Gasteiger partial charge in [0.1, 0.15) is 36.6 Å². The van der Waals surface area contributed by atoms with Gasteiger partial charge in [0, 0.05) is 25.8 Å². The smallest absolute Gasteiger partial charge is 0.462 e. The summed E-state index contributed by atoms with van der Waals surface area (Å²) in [5.41, 5.74) is -1.99. The lowest BCUT2D eigenvalue weighted by atomic mass is 9.90. The number of unbranched alkanes of at least 4 members (excludes halogenated alkanes) is 54. The highest BCUT2D eigenvalue weighted by Gasteiger charge is 2.53. The molecule has 2 amide bonds. The molecule has 0 radical (unpaired) electrons. The zero-order valence-corrected chi connectivity index (χ0v) is 79.3. The van der Waals surface area contributed by atoms with Crippen molar-refractivity contribution in [1.82, 2.24) is 10.6 Å². The Bertz CT molecular complexity index is 2580. The highest BCUT2D eigenvalue weighted by Crippen LogP contribution is 2.44. The number of phosphoric ester groups is 2. The van der Waals surface area contributed by atoms with Crippen molar-refractivity contribution in [3.8, 4) is 0 Å². The van der Waals surface area contributed by atoms with Crippen molar-refractivity contribution in [2.24, 2.45) is 5.41 Å². The molecule has 24 nitrogen and oxygen atoms in total. The van der Waals surface area contributed by atoms with Gasteiger partial charge in [0.05, 0.1) is 51.1 Å². The summed E-state index contributed by atoms with van der Waals surface area (Å²) in [7, 11) is -11.0. The minimum Gasteiger partial charge on any atom is -0.462 e. The largest absolute Gasteiger partial charge is 0.470 e. The second-order valence-corrected chi connectivity index (χ2v) is 37.9. The van der Waals surface area contributed by atoms with E-state index in [1.54, 1.807) is 0 Å². The van der Waals surface area contributed by atoms with Crippen LogP contribution >= 0.6 is 15.6 Å². The molecular weight excluding hydrogens is 1580 g/mol. The molecule has 714 valence electrons. The van der Waals surface area contributed by atoms with Crippen LogP contribution in [0.3, 0.4) is 0 Å². The Hall–Kier alpha value is -3.12. The molecule has 0 aromatic carbocycles. The van der Waals surface area contributed by atoms with E-state index in [2.05, 4.69) is 52.2 Å². The van der Waals surface area contributed by atoms with Gasteiger partial charge in [-0.25, -0.2) is 9.13 Å². The summed E-state index contributed by atoms with van der Waals surface area (Å²) in [6, 6.07) is -1.86. The number of nitrogens with one attached hydrogen (secondary N) is 2. The number of rotatable bonds is 89. The molecule has 1 aliphatic rings. The summed E-state index contributed by atoms with van der Waals surface area (Å²) in [4.78, 5) is 127. The van der Waals surface area contributed by atoms with E-state index in [-0.39, 0.29) is 38.5 Å². The van der Waals surface area contributed by atoms with E-state index < -0.39 is 152 Å². The Labute approximate surface area is 735 Å². The minimum absolute atomic E-state index is 0.103. The number of aliphatic hydroxyl groups excluding tert-OH is 2. The molecule has 4 unspecified atom stereocenters. The third-order valence-corrected chi connectivity index (χ3v) is 24.7. The molecule has 121 heavy (non-hydrogen) atoms. The maximum atomic E-state index is 15.1. The number of esters is 4. The Morgan fingerprint density at radius 2 is 0.645 bits per heavy atom. The minimum atomic E-state index is -5.64. The molecule has 8 N–H and O–H groups in total. The molecule has 1 rings (SSSR count). The molecule has 0 aliphatic carbocycles. The Morgan fingerprint density at radius 1 is 0.355 bits per heavy atom. The maximum absolute atomic E-state index is 15.1. The number of hydrogen-bond acceptors (Lipinski definition) is 18. The summed E-state index contributed by atoms with van der Waals surface area (Å²) < 4.78 is 73.7. The van der Waals surface area contributed by atoms with Gasteiger partial charge in [-0.15, -0.1) is 0 Å². The molecule has 26 heteroatoms. The van der Waals surface area contributed by atoms with Crippen LogP contribution in [-0.4, -0.2) is 147 Å². The van der Waals surface area contributed by atoms with Crippen molar-refractivity contribution in [2.75, 3.05) is 33.0 Å². The molecule has 9 atom stereocenters. The quantitative estimate of drug-likeness (QED) is 0.0121. The number of hydrogen-bond donors (Lipinski definition) is 8. The molecular formula is C95H182N2O22P2. The predicted octanol–water partition coefficient (Wildman–Crippen LogP) is 23.6. The number of aliphatic hydroxyl groups is 2. The van der Waals surface area contributed by atoms with Gasteiger partial charge < -0.3 is 68.8 Å². The van der Waals surface area contributed by atoms with Crippen LogP contribution in [0, 0.1) is 5.41 Å². The van der Waals surface area contributed by atoms with Gasteiger partial charge in [-0.3, -0.25) is 37.8 Å². The zero-order chi connectivity index (χ0) is 89.0.